The van der Waals surface area contributed by atoms with Gasteiger partial charge in [0.15, 0.2) is 5.78 Å². The van der Waals surface area contributed by atoms with Crippen LogP contribution in [0.25, 0.3) is 5.57 Å². The Morgan fingerprint density at radius 1 is 1.27 bits per heavy atom. The van der Waals surface area contributed by atoms with E-state index in [1.165, 1.54) is 6.07 Å². The normalized spacial score (nSPS) is 14.5. The molecular weight excluding hydrogens is 279 g/mol. The molecule has 2 rings (SSSR count). The lowest BCUT2D eigenvalue weighted by Gasteiger charge is -2.12. The van der Waals surface area contributed by atoms with E-state index in [9.17, 15) is 9.18 Å². The van der Waals surface area contributed by atoms with E-state index in [2.05, 4.69) is 0 Å². The third kappa shape index (κ3) is 4.50. The number of halogens is 1. The van der Waals surface area contributed by atoms with Crippen LogP contribution in [0.3, 0.4) is 0 Å². The van der Waals surface area contributed by atoms with Crippen LogP contribution in [-0.4, -0.2) is 17.5 Å². The highest BCUT2D eigenvalue weighted by Gasteiger charge is 2.16. The number of carbonyl (C=O) groups is 1. The van der Waals surface area contributed by atoms with Gasteiger partial charge in [0, 0.05) is 11.5 Å². The molecule has 0 heterocycles. The van der Waals surface area contributed by atoms with Crippen molar-refractivity contribution in [2.75, 3.05) is 6.61 Å². The summed E-state index contributed by atoms with van der Waals surface area (Å²) in [4.78, 5) is 11.5. The van der Waals surface area contributed by atoms with Crippen LogP contribution in [0.2, 0.25) is 0 Å². The Morgan fingerprint density at radius 3 is 2.64 bits per heavy atom. The number of hydrogen-bond donors (Lipinski definition) is 1. The van der Waals surface area contributed by atoms with E-state index in [0.717, 1.165) is 5.57 Å². The highest BCUT2D eigenvalue weighted by Crippen LogP contribution is 2.26. The highest BCUT2D eigenvalue weighted by atomic mass is 19.1. The summed E-state index contributed by atoms with van der Waals surface area (Å²) in [6.45, 7) is 5.15. The molecule has 1 atom stereocenters. The predicted molar refractivity (Wildman–Crippen MR) is 89.1 cm³/mol. The van der Waals surface area contributed by atoms with Crippen LogP contribution in [0, 0.1) is 5.82 Å². The summed E-state index contributed by atoms with van der Waals surface area (Å²) in [5.74, 6) is -1.14. The van der Waals surface area contributed by atoms with Gasteiger partial charge in [0.05, 0.1) is 0 Å². The summed E-state index contributed by atoms with van der Waals surface area (Å²) in [7, 11) is 0. The van der Waals surface area contributed by atoms with Crippen molar-refractivity contribution >= 4 is 11.4 Å². The van der Waals surface area contributed by atoms with E-state index in [1.54, 1.807) is 19.1 Å². The minimum absolute atomic E-state index is 0.309. The third-order valence-electron chi connectivity index (χ3n) is 3.47. The SMILES string of the molecule is CC.CC(C(=O)CO)c1ccc(C2=CC=CC=CC2)c(F)c1. The van der Waals surface area contributed by atoms with E-state index in [0.29, 0.717) is 17.5 Å². The van der Waals surface area contributed by atoms with Crippen LogP contribution in [0.1, 0.15) is 44.2 Å². The molecule has 0 saturated heterocycles. The predicted octanol–water partition coefficient (Wildman–Crippen LogP) is 4.42. The minimum Gasteiger partial charge on any atom is -0.389 e. The van der Waals surface area contributed by atoms with Crippen LogP contribution in [0.5, 0.6) is 0 Å². The number of allylic oxidation sites excluding steroid dienone is 6. The number of ketones is 1. The van der Waals surface area contributed by atoms with Crippen LogP contribution in [-0.2, 0) is 4.79 Å². The topological polar surface area (TPSA) is 37.3 Å². The van der Waals surface area contributed by atoms with E-state index < -0.39 is 12.5 Å². The number of carbonyl (C=O) groups excluding carboxylic acids is 1. The van der Waals surface area contributed by atoms with Crippen molar-refractivity contribution < 1.29 is 14.3 Å². The largest absolute Gasteiger partial charge is 0.389 e. The van der Waals surface area contributed by atoms with Gasteiger partial charge < -0.3 is 5.11 Å². The minimum atomic E-state index is -0.523. The summed E-state index contributed by atoms with van der Waals surface area (Å²) in [5.41, 5.74) is 2.04. The number of benzene rings is 1. The number of hydrogen-bond acceptors (Lipinski definition) is 2. The van der Waals surface area contributed by atoms with Gasteiger partial charge in [-0.25, -0.2) is 4.39 Å². The number of aliphatic hydroxyl groups excluding tert-OH is 1. The van der Waals surface area contributed by atoms with Gasteiger partial charge in [-0.1, -0.05) is 63.3 Å². The van der Waals surface area contributed by atoms with E-state index in [4.69, 9.17) is 5.11 Å². The average molecular weight is 302 g/mol. The molecule has 1 unspecified atom stereocenters. The van der Waals surface area contributed by atoms with Gasteiger partial charge in [0.2, 0.25) is 0 Å². The first kappa shape index (κ1) is 18.1. The summed E-state index contributed by atoms with van der Waals surface area (Å²) < 4.78 is 14.2. The van der Waals surface area contributed by atoms with Crippen molar-refractivity contribution in [3.8, 4) is 0 Å². The molecule has 0 amide bonds. The Bertz CT molecular complexity index is 597. The zero-order valence-electron chi connectivity index (χ0n) is 13.3. The van der Waals surface area contributed by atoms with Crippen LogP contribution in [0.15, 0.2) is 48.6 Å². The maximum atomic E-state index is 14.2. The Kier molecular flexibility index (Phi) is 7.47. The Morgan fingerprint density at radius 2 is 2.00 bits per heavy atom. The van der Waals surface area contributed by atoms with Gasteiger partial charge in [0.1, 0.15) is 12.4 Å². The van der Waals surface area contributed by atoms with Crippen molar-refractivity contribution in [1.82, 2.24) is 0 Å². The second-order valence-corrected chi connectivity index (χ2v) is 4.79. The van der Waals surface area contributed by atoms with Gasteiger partial charge >= 0.3 is 0 Å². The van der Waals surface area contributed by atoms with Crippen molar-refractivity contribution in [3.63, 3.8) is 0 Å². The second-order valence-electron chi connectivity index (χ2n) is 4.79. The maximum Gasteiger partial charge on any atom is 0.165 e. The van der Waals surface area contributed by atoms with Crippen molar-refractivity contribution in [1.29, 1.82) is 0 Å². The molecule has 0 aliphatic heterocycles. The molecule has 0 bridgehead atoms. The van der Waals surface area contributed by atoms with E-state index >= 15 is 0 Å². The van der Waals surface area contributed by atoms with E-state index in [1.807, 2.05) is 44.2 Å². The van der Waals surface area contributed by atoms with Gasteiger partial charge in [-0.05, 0) is 23.6 Å². The summed E-state index contributed by atoms with van der Waals surface area (Å²) in [6, 6.07) is 4.83. The lowest BCUT2D eigenvalue weighted by molar-refractivity contribution is -0.122. The molecule has 118 valence electrons. The smallest absolute Gasteiger partial charge is 0.165 e. The summed E-state index contributed by atoms with van der Waals surface area (Å²) in [5, 5.41) is 8.86. The van der Waals surface area contributed by atoms with Crippen molar-refractivity contribution in [3.05, 3.63) is 65.5 Å². The Hall–Kier alpha value is -2.00. The molecule has 3 heteroatoms. The molecule has 22 heavy (non-hydrogen) atoms. The van der Waals surface area contributed by atoms with Crippen molar-refractivity contribution in [2.45, 2.75) is 33.1 Å². The average Bonchev–Trinajstić information content (AvgIpc) is 2.84. The fourth-order valence-corrected chi connectivity index (χ4v) is 2.16. The second kappa shape index (κ2) is 9.11. The Balaban J connectivity index is 0.00000116. The lowest BCUT2D eigenvalue weighted by Crippen LogP contribution is -2.13. The first-order chi connectivity index (χ1) is 10.6. The van der Waals surface area contributed by atoms with Gasteiger partial charge in [-0.15, -0.1) is 0 Å². The lowest BCUT2D eigenvalue weighted by atomic mass is 9.93. The standard InChI is InChI=1S/C17H17FO2.C2H6/c1-12(17(20)11-19)14-8-9-15(16(18)10-14)13-6-4-2-3-5-7-13;1-2/h2-6,8-10,12,19H,7,11H2,1H3;1-2H3. The molecule has 1 aliphatic carbocycles. The molecule has 0 spiro atoms. The molecule has 2 nitrogen and oxygen atoms in total. The molecule has 0 aromatic heterocycles. The van der Waals surface area contributed by atoms with Crippen molar-refractivity contribution in [2.24, 2.45) is 0 Å². The first-order valence-corrected chi connectivity index (χ1v) is 7.59. The van der Waals surface area contributed by atoms with Crippen LogP contribution >= 0.6 is 0 Å². The molecular formula is C19H23FO2. The van der Waals surface area contributed by atoms with Crippen LogP contribution < -0.4 is 0 Å². The quantitative estimate of drug-likeness (QED) is 0.894. The molecule has 0 fully saturated rings. The fraction of sp³-hybridized carbons (Fsp3) is 0.316. The first-order valence-electron chi connectivity index (χ1n) is 7.59. The molecule has 1 aromatic carbocycles. The molecule has 1 N–H and O–H groups in total. The highest BCUT2D eigenvalue weighted by molar-refractivity contribution is 5.86. The zero-order chi connectivity index (χ0) is 16.5. The number of rotatable bonds is 4. The number of Topliss-reactive ketones (excluding diaryl/α,β-unsaturated/α-hetero) is 1. The molecule has 0 radical (unpaired) electrons. The number of aliphatic hydroxyl groups is 1. The summed E-state index contributed by atoms with van der Waals surface area (Å²) in [6.07, 6.45) is 10.2. The van der Waals surface area contributed by atoms with Gasteiger partial charge in [0.25, 0.3) is 0 Å². The Labute approximate surface area is 131 Å². The van der Waals surface area contributed by atoms with E-state index in [-0.39, 0.29) is 11.6 Å². The molecule has 1 aliphatic rings. The zero-order valence-corrected chi connectivity index (χ0v) is 13.3. The van der Waals surface area contributed by atoms with Crippen LogP contribution in [0.4, 0.5) is 4.39 Å². The van der Waals surface area contributed by atoms with Gasteiger partial charge in [-0.3, -0.25) is 4.79 Å². The molecule has 1 aromatic rings. The fourth-order valence-electron chi connectivity index (χ4n) is 2.16. The van der Waals surface area contributed by atoms with Gasteiger partial charge in [-0.2, -0.15) is 0 Å². The molecule has 0 saturated carbocycles. The maximum absolute atomic E-state index is 14.2. The third-order valence-corrected chi connectivity index (χ3v) is 3.47. The monoisotopic (exact) mass is 302 g/mol. The summed E-state index contributed by atoms with van der Waals surface area (Å²) >= 11 is 0.